The van der Waals surface area contributed by atoms with Crippen LogP contribution in [0.1, 0.15) is 58.4 Å². The van der Waals surface area contributed by atoms with Crippen molar-refractivity contribution in [2.24, 2.45) is 5.92 Å². The molecule has 184 valence electrons. The van der Waals surface area contributed by atoms with Crippen LogP contribution in [0, 0.1) is 5.92 Å². The number of carbonyl (C=O) groups excluding carboxylic acids is 1. The summed E-state index contributed by atoms with van der Waals surface area (Å²) in [4.78, 5) is 33.4. The van der Waals surface area contributed by atoms with Gasteiger partial charge in [0.25, 0.3) is 11.5 Å². The minimum atomic E-state index is -0.224. The maximum absolute atomic E-state index is 13.3. The molecule has 1 aliphatic heterocycles. The third-order valence-electron chi connectivity index (χ3n) is 5.86. The Morgan fingerprint density at radius 2 is 2.06 bits per heavy atom. The van der Waals surface area contributed by atoms with Gasteiger partial charge in [0.05, 0.1) is 10.5 Å². The minimum absolute atomic E-state index is 0.134. The molecule has 1 aliphatic rings. The summed E-state index contributed by atoms with van der Waals surface area (Å²) in [5.74, 6) is 0.745. The van der Waals surface area contributed by atoms with Gasteiger partial charge in [0, 0.05) is 32.5 Å². The number of hydrogen-bond acceptors (Lipinski definition) is 7. The lowest BCUT2D eigenvalue weighted by Gasteiger charge is -2.21. The number of thiocarbonyl (C=S) groups is 1. The van der Waals surface area contributed by atoms with Gasteiger partial charge >= 0.3 is 0 Å². The second-order valence-corrected chi connectivity index (χ2v) is 9.97. The van der Waals surface area contributed by atoms with Gasteiger partial charge in [-0.05, 0) is 43.9 Å². The van der Waals surface area contributed by atoms with E-state index in [0.29, 0.717) is 58.5 Å². The van der Waals surface area contributed by atoms with Gasteiger partial charge in [-0.15, -0.1) is 0 Å². The van der Waals surface area contributed by atoms with E-state index < -0.39 is 0 Å². The van der Waals surface area contributed by atoms with E-state index in [4.69, 9.17) is 17.0 Å². The van der Waals surface area contributed by atoms with Crippen LogP contribution in [-0.4, -0.2) is 50.8 Å². The molecule has 1 N–H and O–H groups in total. The number of ether oxygens (including phenoxy) is 1. The van der Waals surface area contributed by atoms with Crippen molar-refractivity contribution < 1.29 is 9.53 Å². The third kappa shape index (κ3) is 6.46. The quantitative estimate of drug-likeness (QED) is 0.236. The molecule has 0 spiro atoms. The van der Waals surface area contributed by atoms with Crippen LogP contribution in [0.25, 0.3) is 11.7 Å². The predicted molar refractivity (Wildman–Crippen MR) is 144 cm³/mol. The van der Waals surface area contributed by atoms with Crippen molar-refractivity contribution in [3.05, 3.63) is 45.2 Å². The molecular formula is C25H34N4O3S2. The van der Waals surface area contributed by atoms with Gasteiger partial charge in [-0.1, -0.05) is 63.2 Å². The summed E-state index contributed by atoms with van der Waals surface area (Å²) in [5, 5.41) is 3.26. The average Bonchev–Trinajstić information content (AvgIpc) is 3.10. The summed E-state index contributed by atoms with van der Waals surface area (Å²) in [6.07, 6.45) is 8.46. The predicted octanol–water partition coefficient (Wildman–Crippen LogP) is 4.95. The van der Waals surface area contributed by atoms with E-state index in [-0.39, 0.29) is 11.5 Å². The molecule has 3 heterocycles. The first-order valence-corrected chi connectivity index (χ1v) is 13.3. The Hall–Kier alpha value is -2.23. The SMILES string of the molecule is CCCCC(CC)CN1C(=O)/C(=C\c2c(NCCCOCC)nc3ccccn3c2=O)SC1=S. The number of rotatable bonds is 13. The number of amides is 1. The molecule has 2 aromatic heterocycles. The number of anilines is 1. The van der Waals surface area contributed by atoms with E-state index in [1.807, 2.05) is 13.0 Å². The molecule has 0 bridgehead atoms. The molecule has 7 nitrogen and oxygen atoms in total. The summed E-state index contributed by atoms with van der Waals surface area (Å²) in [6, 6.07) is 5.42. The molecule has 9 heteroatoms. The van der Waals surface area contributed by atoms with E-state index in [1.54, 1.807) is 29.3 Å². The van der Waals surface area contributed by atoms with E-state index >= 15 is 0 Å². The standard InChI is InChI=1S/C25H34N4O3S2/c1-4-7-11-18(5-2)17-29-24(31)20(34-25(29)33)16-19-22(26-13-10-15-32-6-3)27-21-12-8-9-14-28(21)23(19)30/h8-9,12,14,16,18,26H,4-7,10-11,13,15,17H2,1-3H3/b20-16+. The Labute approximate surface area is 211 Å². The number of nitrogens with one attached hydrogen (secondary N) is 1. The molecular weight excluding hydrogens is 468 g/mol. The molecule has 0 aromatic carbocycles. The highest BCUT2D eigenvalue weighted by atomic mass is 32.2. The molecule has 2 aromatic rings. The maximum atomic E-state index is 13.3. The highest BCUT2D eigenvalue weighted by Gasteiger charge is 2.33. The van der Waals surface area contributed by atoms with Crippen molar-refractivity contribution in [3.63, 3.8) is 0 Å². The van der Waals surface area contributed by atoms with Gasteiger partial charge in [0.2, 0.25) is 0 Å². The second-order valence-electron chi connectivity index (χ2n) is 8.29. The second kappa shape index (κ2) is 13.0. The van der Waals surface area contributed by atoms with Crippen molar-refractivity contribution in [1.29, 1.82) is 0 Å². The molecule has 1 saturated heterocycles. The van der Waals surface area contributed by atoms with Crippen molar-refractivity contribution in [3.8, 4) is 0 Å². The van der Waals surface area contributed by atoms with E-state index in [1.165, 1.54) is 16.2 Å². The number of unbranched alkanes of at least 4 members (excludes halogenated alkanes) is 1. The smallest absolute Gasteiger partial charge is 0.267 e. The summed E-state index contributed by atoms with van der Waals surface area (Å²) < 4.78 is 7.44. The third-order valence-corrected chi connectivity index (χ3v) is 7.24. The molecule has 1 unspecified atom stereocenters. The van der Waals surface area contributed by atoms with Crippen molar-refractivity contribution in [2.45, 2.75) is 52.9 Å². The van der Waals surface area contributed by atoms with Gasteiger partial charge < -0.3 is 10.1 Å². The lowest BCUT2D eigenvalue weighted by molar-refractivity contribution is -0.122. The normalized spacial score (nSPS) is 16.1. The van der Waals surface area contributed by atoms with Crippen LogP contribution < -0.4 is 10.9 Å². The Morgan fingerprint density at radius 1 is 1.24 bits per heavy atom. The Balaban J connectivity index is 1.89. The number of aromatic nitrogens is 2. The van der Waals surface area contributed by atoms with Crippen LogP contribution in [0.15, 0.2) is 34.1 Å². The van der Waals surface area contributed by atoms with Gasteiger partial charge in [0.15, 0.2) is 0 Å². The zero-order valence-electron chi connectivity index (χ0n) is 20.2. The molecule has 1 atom stereocenters. The fourth-order valence-corrected chi connectivity index (χ4v) is 5.11. The number of nitrogens with zero attached hydrogens (tertiary/aromatic N) is 3. The minimum Gasteiger partial charge on any atom is -0.382 e. The number of carbonyl (C=O) groups is 1. The molecule has 0 radical (unpaired) electrons. The number of hydrogen-bond donors (Lipinski definition) is 1. The molecule has 1 fully saturated rings. The highest BCUT2D eigenvalue weighted by Crippen LogP contribution is 2.34. The van der Waals surface area contributed by atoms with Crippen molar-refractivity contribution in [1.82, 2.24) is 14.3 Å². The van der Waals surface area contributed by atoms with Gasteiger partial charge in [0.1, 0.15) is 15.8 Å². The van der Waals surface area contributed by atoms with Crippen LogP contribution in [0.2, 0.25) is 0 Å². The highest BCUT2D eigenvalue weighted by molar-refractivity contribution is 8.26. The fraction of sp³-hybridized carbons (Fsp3) is 0.520. The Morgan fingerprint density at radius 3 is 2.79 bits per heavy atom. The molecule has 0 aliphatic carbocycles. The van der Waals surface area contributed by atoms with E-state index in [2.05, 4.69) is 24.1 Å². The summed E-state index contributed by atoms with van der Waals surface area (Å²) in [6.45, 7) is 8.80. The monoisotopic (exact) mass is 502 g/mol. The summed E-state index contributed by atoms with van der Waals surface area (Å²) >= 11 is 6.80. The van der Waals surface area contributed by atoms with Crippen LogP contribution in [0.3, 0.4) is 0 Å². The van der Waals surface area contributed by atoms with Gasteiger partial charge in [-0.3, -0.25) is 18.9 Å². The van der Waals surface area contributed by atoms with Gasteiger partial charge in [-0.2, -0.15) is 0 Å². The Bertz CT molecular complexity index is 1100. The summed E-state index contributed by atoms with van der Waals surface area (Å²) in [7, 11) is 0. The van der Waals surface area contributed by atoms with E-state index in [9.17, 15) is 9.59 Å². The first kappa shape index (κ1) is 26.4. The average molecular weight is 503 g/mol. The van der Waals surface area contributed by atoms with Crippen LogP contribution >= 0.6 is 24.0 Å². The Kier molecular flexibility index (Phi) is 10.1. The molecule has 1 amide bonds. The number of pyridine rings is 1. The fourth-order valence-electron chi connectivity index (χ4n) is 3.86. The zero-order chi connectivity index (χ0) is 24.5. The van der Waals surface area contributed by atoms with Crippen molar-refractivity contribution >= 4 is 51.7 Å². The molecule has 0 saturated carbocycles. The topological polar surface area (TPSA) is 75.9 Å². The number of thioether (sulfide) groups is 1. The van der Waals surface area contributed by atoms with Crippen LogP contribution in [0.5, 0.6) is 0 Å². The first-order chi connectivity index (χ1) is 16.5. The first-order valence-electron chi connectivity index (χ1n) is 12.1. The lowest BCUT2D eigenvalue weighted by Crippen LogP contribution is -2.33. The number of fused-ring (bicyclic) bond motifs is 1. The summed E-state index contributed by atoms with van der Waals surface area (Å²) in [5.41, 5.74) is 0.683. The lowest BCUT2D eigenvalue weighted by atomic mass is 9.99. The zero-order valence-corrected chi connectivity index (χ0v) is 21.8. The maximum Gasteiger partial charge on any atom is 0.267 e. The molecule has 3 rings (SSSR count). The van der Waals surface area contributed by atoms with Crippen molar-refractivity contribution in [2.75, 3.05) is 31.6 Å². The largest absolute Gasteiger partial charge is 0.382 e. The molecule has 34 heavy (non-hydrogen) atoms. The van der Waals surface area contributed by atoms with Crippen LogP contribution in [0.4, 0.5) is 5.82 Å². The van der Waals surface area contributed by atoms with E-state index in [0.717, 1.165) is 32.1 Å². The van der Waals surface area contributed by atoms with Gasteiger partial charge in [-0.25, -0.2) is 4.98 Å². The van der Waals surface area contributed by atoms with Crippen LogP contribution in [-0.2, 0) is 9.53 Å².